The lowest BCUT2D eigenvalue weighted by molar-refractivity contribution is -0.130. The van der Waals surface area contributed by atoms with E-state index in [9.17, 15) is 9.59 Å². The predicted molar refractivity (Wildman–Crippen MR) is 142 cm³/mol. The minimum atomic E-state index is -0.626. The van der Waals surface area contributed by atoms with Gasteiger partial charge >= 0.3 is 11.9 Å². The van der Waals surface area contributed by atoms with Crippen LogP contribution in [0.2, 0.25) is 5.02 Å². The SMILES string of the molecule is COc1cccc(C2=N/C(=C\c3cc(Br)cc(Br)c3OC(=O)/C=C/c3ccc(Cl)cc3)C(=O)O2)c1. The number of carbonyl (C=O) groups excluding carboxylic acids is 2. The van der Waals surface area contributed by atoms with Crippen LogP contribution in [0.1, 0.15) is 16.7 Å². The Morgan fingerprint density at radius 2 is 1.86 bits per heavy atom. The predicted octanol–water partition coefficient (Wildman–Crippen LogP) is 6.84. The first-order valence-corrected chi connectivity index (χ1v) is 12.1. The molecular formula is C26H16Br2ClNO5. The first-order chi connectivity index (χ1) is 16.8. The first kappa shape index (κ1) is 24.9. The van der Waals surface area contributed by atoms with Crippen LogP contribution in [0.15, 0.2) is 86.4 Å². The van der Waals surface area contributed by atoms with Crippen molar-refractivity contribution >= 4 is 73.4 Å². The molecule has 0 aliphatic carbocycles. The third-order valence-corrected chi connectivity index (χ3v) is 6.05. The van der Waals surface area contributed by atoms with E-state index in [-0.39, 0.29) is 17.3 Å². The third-order valence-electron chi connectivity index (χ3n) is 4.75. The normalized spacial score (nSPS) is 14.2. The van der Waals surface area contributed by atoms with E-state index in [1.165, 1.54) is 12.2 Å². The first-order valence-electron chi connectivity index (χ1n) is 10.1. The largest absolute Gasteiger partial charge is 0.497 e. The van der Waals surface area contributed by atoms with Crippen LogP contribution in [0, 0.1) is 0 Å². The van der Waals surface area contributed by atoms with Gasteiger partial charge in [-0.25, -0.2) is 14.6 Å². The number of hydrogen-bond donors (Lipinski definition) is 0. The molecule has 1 aliphatic rings. The number of carbonyl (C=O) groups is 2. The molecule has 0 spiro atoms. The number of rotatable bonds is 6. The van der Waals surface area contributed by atoms with Crippen LogP contribution in [-0.4, -0.2) is 24.9 Å². The average Bonchev–Trinajstić information content (AvgIpc) is 3.21. The van der Waals surface area contributed by atoms with Gasteiger partial charge in [-0.2, -0.15) is 0 Å². The highest BCUT2D eigenvalue weighted by Crippen LogP contribution is 2.35. The van der Waals surface area contributed by atoms with Crippen molar-refractivity contribution in [2.24, 2.45) is 4.99 Å². The lowest BCUT2D eigenvalue weighted by atomic mass is 10.1. The second kappa shape index (κ2) is 11.0. The summed E-state index contributed by atoms with van der Waals surface area (Å²) in [6.07, 6.45) is 4.41. The number of halogens is 3. The maximum absolute atomic E-state index is 12.5. The van der Waals surface area contributed by atoms with Crippen LogP contribution >= 0.6 is 43.5 Å². The van der Waals surface area contributed by atoms with Crippen molar-refractivity contribution in [1.82, 2.24) is 0 Å². The topological polar surface area (TPSA) is 74.2 Å². The number of hydrogen-bond acceptors (Lipinski definition) is 6. The molecule has 4 rings (SSSR count). The van der Waals surface area contributed by atoms with Gasteiger partial charge in [0.15, 0.2) is 11.4 Å². The summed E-state index contributed by atoms with van der Waals surface area (Å²) in [5, 5.41) is 0.601. The van der Waals surface area contributed by atoms with Crippen molar-refractivity contribution in [1.29, 1.82) is 0 Å². The lowest BCUT2D eigenvalue weighted by Crippen LogP contribution is -2.06. The van der Waals surface area contributed by atoms with E-state index in [4.69, 9.17) is 25.8 Å². The van der Waals surface area contributed by atoms with Crippen molar-refractivity contribution in [2.75, 3.05) is 7.11 Å². The molecule has 6 nitrogen and oxygen atoms in total. The Morgan fingerprint density at radius 1 is 1.09 bits per heavy atom. The molecule has 176 valence electrons. The van der Waals surface area contributed by atoms with Gasteiger partial charge in [-0.1, -0.05) is 45.7 Å². The number of cyclic esters (lactones) is 1. The molecule has 0 N–H and O–H groups in total. The summed E-state index contributed by atoms with van der Waals surface area (Å²) in [5.41, 5.74) is 1.89. The molecular weight excluding hydrogens is 602 g/mol. The number of aliphatic imine (C=N–C) groups is 1. The minimum Gasteiger partial charge on any atom is -0.497 e. The summed E-state index contributed by atoms with van der Waals surface area (Å²) < 4.78 is 17.4. The second-order valence-electron chi connectivity index (χ2n) is 7.18. The Hall–Kier alpha value is -3.20. The molecule has 3 aromatic rings. The highest BCUT2D eigenvalue weighted by atomic mass is 79.9. The van der Waals surface area contributed by atoms with Gasteiger partial charge in [0.05, 0.1) is 11.6 Å². The highest BCUT2D eigenvalue weighted by molar-refractivity contribution is 9.11. The van der Waals surface area contributed by atoms with E-state index < -0.39 is 11.9 Å². The number of nitrogens with zero attached hydrogens (tertiary/aromatic N) is 1. The van der Waals surface area contributed by atoms with Crippen molar-refractivity contribution in [3.8, 4) is 11.5 Å². The number of methoxy groups -OCH3 is 1. The van der Waals surface area contributed by atoms with Crippen LogP contribution in [0.3, 0.4) is 0 Å². The second-order valence-corrected chi connectivity index (χ2v) is 9.39. The summed E-state index contributed by atoms with van der Waals surface area (Å²) in [6, 6.07) is 17.5. The molecule has 0 saturated heterocycles. The van der Waals surface area contributed by atoms with E-state index in [1.54, 1.807) is 73.8 Å². The highest BCUT2D eigenvalue weighted by Gasteiger charge is 2.25. The Kier molecular flexibility index (Phi) is 7.85. The minimum absolute atomic E-state index is 0.0572. The quantitative estimate of drug-likeness (QED) is 0.172. The fourth-order valence-corrected chi connectivity index (χ4v) is 4.57. The van der Waals surface area contributed by atoms with Crippen LogP contribution in [0.4, 0.5) is 0 Å². The molecule has 3 aromatic carbocycles. The molecule has 0 amide bonds. The van der Waals surface area contributed by atoms with Gasteiger partial charge in [0.25, 0.3) is 0 Å². The molecule has 0 unspecified atom stereocenters. The van der Waals surface area contributed by atoms with E-state index >= 15 is 0 Å². The van der Waals surface area contributed by atoms with Gasteiger partial charge < -0.3 is 14.2 Å². The Balaban J connectivity index is 1.62. The maximum Gasteiger partial charge on any atom is 0.363 e. The van der Waals surface area contributed by atoms with Gasteiger partial charge in [-0.15, -0.1) is 0 Å². The summed E-state index contributed by atoms with van der Waals surface area (Å²) in [7, 11) is 1.55. The number of esters is 2. The molecule has 0 saturated carbocycles. The molecule has 1 heterocycles. The van der Waals surface area contributed by atoms with Crippen LogP contribution < -0.4 is 9.47 Å². The Morgan fingerprint density at radius 3 is 2.60 bits per heavy atom. The van der Waals surface area contributed by atoms with Gasteiger partial charge in [0, 0.05) is 26.7 Å². The van der Waals surface area contributed by atoms with Crippen molar-refractivity contribution < 1.29 is 23.8 Å². The zero-order valence-electron chi connectivity index (χ0n) is 18.1. The van der Waals surface area contributed by atoms with Crippen LogP contribution in [0.25, 0.3) is 12.2 Å². The Labute approximate surface area is 223 Å². The zero-order chi connectivity index (χ0) is 24.9. The van der Waals surface area contributed by atoms with Crippen molar-refractivity contribution in [3.05, 3.63) is 103 Å². The monoisotopic (exact) mass is 615 g/mol. The Bertz CT molecular complexity index is 1400. The smallest absolute Gasteiger partial charge is 0.363 e. The van der Waals surface area contributed by atoms with E-state index in [0.29, 0.717) is 30.8 Å². The summed E-state index contributed by atoms with van der Waals surface area (Å²) in [6.45, 7) is 0. The van der Waals surface area contributed by atoms with Crippen molar-refractivity contribution in [3.63, 3.8) is 0 Å². The van der Waals surface area contributed by atoms with Crippen molar-refractivity contribution in [2.45, 2.75) is 0 Å². The summed E-state index contributed by atoms with van der Waals surface area (Å²) in [4.78, 5) is 29.4. The van der Waals surface area contributed by atoms with Gasteiger partial charge in [0.1, 0.15) is 5.75 Å². The van der Waals surface area contributed by atoms with Gasteiger partial charge in [0.2, 0.25) is 5.90 Å². The molecule has 0 aromatic heterocycles. The van der Waals surface area contributed by atoms with Gasteiger partial charge in [-0.05, 0) is 76.1 Å². The van der Waals surface area contributed by atoms with E-state index in [0.717, 1.165) is 5.56 Å². The van der Waals surface area contributed by atoms with Gasteiger partial charge in [-0.3, -0.25) is 0 Å². The lowest BCUT2D eigenvalue weighted by Gasteiger charge is -2.09. The molecule has 0 bridgehead atoms. The summed E-state index contributed by atoms with van der Waals surface area (Å²) in [5.74, 6) is -0.241. The van der Waals surface area contributed by atoms with Crippen LogP contribution in [0.5, 0.6) is 11.5 Å². The summed E-state index contributed by atoms with van der Waals surface area (Å²) >= 11 is 12.7. The fraction of sp³-hybridized carbons (Fsp3) is 0.0385. The maximum atomic E-state index is 12.5. The standard InChI is InChI=1S/C26H16Br2ClNO5/c1-33-20-4-2-3-16(12-20)25-30-22(26(32)35-25)13-17-11-18(27)14-21(28)24(17)34-23(31)10-7-15-5-8-19(29)9-6-15/h2-14H,1H3/b10-7+,22-13-. The zero-order valence-corrected chi connectivity index (χ0v) is 22.1. The average molecular weight is 618 g/mol. The molecule has 0 radical (unpaired) electrons. The molecule has 0 fully saturated rings. The third kappa shape index (κ3) is 6.28. The molecule has 35 heavy (non-hydrogen) atoms. The molecule has 1 aliphatic heterocycles. The van der Waals surface area contributed by atoms with E-state index in [1.807, 2.05) is 0 Å². The molecule has 9 heteroatoms. The number of benzene rings is 3. The molecule has 0 atom stereocenters. The fourth-order valence-electron chi connectivity index (χ4n) is 3.10. The number of ether oxygens (including phenoxy) is 3. The van der Waals surface area contributed by atoms with Crippen LogP contribution in [-0.2, 0) is 14.3 Å². The van der Waals surface area contributed by atoms with E-state index in [2.05, 4.69) is 36.9 Å².